The number of hydrogen-bond donors (Lipinski definition) is 0. The van der Waals surface area contributed by atoms with Crippen molar-refractivity contribution in [2.24, 2.45) is 0 Å². The van der Waals surface area contributed by atoms with E-state index >= 15 is 0 Å². The number of furan rings is 1. The topological polar surface area (TPSA) is 53.3 Å². The van der Waals surface area contributed by atoms with Crippen LogP contribution in [0, 0.1) is 0 Å². The quantitative estimate of drug-likeness (QED) is 0.362. The van der Waals surface area contributed by atoms with Crippen LogP contribution in [-0.4, -0.2) is 8.76 Å². The SMILES string of the molecule is O=S([O-])c1ccc(P(c2ccccc2)c2ccccc2)o1.[Li+]. The van der Waals surface area contributed by atoms with Gasteiger partial charge in [0.05, 0.1) is 0 Å². The minimum absolute atomic E-state index is 0. The summed E-state index contributed by atoms with van der Waals surface area (Å²) >= 11 is -2.34. The van der Waals surface area contributed by atoms with Gasteiger partial charge in [-0.15, -0.1) is 0 Å². The van der Waals surface area contributed by atoms with Crippen LogP contribution in [0.4, 0.5) is 0 Å². The second kappa shape index (κ2) is 7.92. The van der Waals surface area contributed by atoms with Crippen LogP contribution < -0.4 is 35.0 Å². The van der Waals surface area contributed by atoms with Crippen LogP contribution >= 0.6 is 7.92 Å². The van der Waals surface area contributed by atoms with Crippen LogP contribution in [0.25, 0.3) is 0 Å². The zero-order valence-electron chi connectivity index (χ0n) is 12.0. The largest absolute Gasteiger partial charge is 1.00 e. The molecule has 3 nitrogen and oxygen atoms in total. The summed E-state index contributed by atoms with van der Waals surface area (Å²) in [6.07, 6.45) is 0. The van der Waals surface area contributed by atoms with E-state index in [0.29, 0.717) is 5.50 Å². The van der Waals surface area contributed by atoms with Crippen molar-refractivity contribution in [3.63, 3.8) is 0 Å². The smallest absolute Gasteiger partial charge is 0.766 e. The maximum atomic E-state index is 11.0. The molecule has 0 aliphatic rings. The summed E-state index contributed by atoms with van der Waals surface area (Å²) < 4.78 is 27.6. The molecule has 3 aromatic rings. The van der Waals surface area contributed by atoms with Gasteiger partial charge >= 0.3 is 18.9 Å². The van der Waals surface area contributed by atoms with Crippen molar-refractivity contribution in [1.82, 2.24) is 0 Å². The second-order valence-corrected chi connectivity index (χ2v) is 7.35. The van der Waals surface area contributed by atoms with Gasteiger partial charge in [0.25, 0.3) is 0 Å². The Morgan fingerprint density at radius 3 is 1.73 bits per heavy atom. The molecule has 1 atom stereocenters. The molecule has 0 amide bonds. The van der Waals surface area contributed by atoms with Crippen molar-refractivity contribution < 1.29 is 32.0 Å². The third-order valence-electron chi connectivity index (χ3n) is 2.98. The Labute approximate surface area is 145 Å². The van der Waals surface area contributed by atoms with Gasteiger partial charge in [-0.2, -0.15) is 0 Å². The molecule has 0 saturated carbocycles. The third-order valence-corrected chi connectivity index (χ3v) is 5.84. The molecule has 0 bridgehead atoms. The Kier molecular flexibility index (Phi) is 6.20. The summed E-state index contributed by atoms with van der Waals surface area (Å²) in [5, 5.41) is 2.22. The van der Waals surface area contributed by atoms with Crippen LogP contribution in [0.1, 0.15) is 0 Å². The van der Waals surface area contributed by atoms with Gasteiger partial charge in [0.1, 0.15) is 5.50 Å². The van der Waals surface area contributed by atoms with Crippen LogP contribution in [0.15, 0.2) is 82.3 Å². The van der Waals surface area contributed by atoms with E-state index in [9.17, 15) is 8.76 Å². The fraction of sp³-hybridized carbons (Fsp3) is 0. The summed E-state index contributed by atoms with van der Waals surface area (Å²) in [7, 11) is -0.890. The van der Waals surface area contributed by atoms with Crippen molar-refractivity contribution in [3.05, 3.63) is 72.8 Å². The first-order valence-corrected chi connectivity index (χ1v) is 8.77. The number of benzene rings is 2. The molecule has 0 fully saturated rings. The normalized spacial score (nSPS) is 11.9. The Morgan fingerprint density at radius 1 is 0.818 bits per heavy atom. The first kappa shape index (κ1) is 17.2. The Balaban J connectivity index is 0.00000176. The zero-order chi connectivity index (χ0) is 14.7. The number of hydrogen-bond acceptors (Lipinski definition) is 3. The first-order valence-electron chi connectivity index (χ1n) is 6.35. The molecule has 0 radical (unpaired) electrons. The second-order valence-electron chi connectivity index (χ2n) is 4.33. The molecule has 0 saturated heterocycles. The minimum atomic E-state index is -2.34. The Morgan fingerprint density at radius 2 is 1.32 bits per heavy atom. The Bertz CT molecular complexity index is 707. The molecule has 6 heteroatoms. The molecule has 3 rings (SSSR count). The summed E-state index contributed by atoms with van der Waals surface area (Å²) in [4.78, 5) is 0. The van der Waals surface area contributed by atoms with Gasteiger partial charge in [-0.3, -0.25) is 4.21 Å². The van der Waals surface area contributed by atoms with Gasteiger partial charge in [-0.25, -0.2) is 0 Å². The van der Waals surface area contributed by atoms with Crippen LogP contribution in [0.3, 0.4) is 0 Å². The molecule has 0 aliphatic carbocycles. The summed E-state index contributed by atoms with van der Waals surface area (Å²) in [5.74, 6) is 0. The van der Waals surface area contributed by atoms with Gasteiger partial charge in [-0.1, -0.05) is 60.7 Å². The van der Waals surface area contributed by atoms with Gasteiger partial charge in [0.15, 0.2) is 5.09 Å². The van der Waals surface area contributed by atoms with E-state index in [4.69, 9.17) is 4.42 Å². The van der Waals surface area contributed by atoms with E-state index in [-0.39, 0.29) is 24.0 Å². The monoisotopic (exact) mass is 322 g/mol. The maximum Gasteiger partial charge on any atom is 1.00 e. The van der Waals surface area contributed by atoms with Gasteiger partial charge < -0.3 is 8.97 Å². The van der Waals surface area contributed by atoms with Crippen molar-refractivity contribution in [2.75, 3.05) is 0 Å². The molecule has 1 heterocycles. The number of rotatable bonds is 4. The molecule has 0 spiro atoms. The summed E-state index contributed by atoms with van der Waals surface area (Å²) in [6.45, 7) is 0. The molecule has 0 N–H and O–H groups in total. The predicted octanol–water partition coefficient (Wildman–Crippen LogP) is -0.720. The van der Waals surface area contributed by atoms with E-state index in [0.717, 1.165) is 10.6 Å². The molecule has 22 heavy (non-hydrogen) atoms. The van der Waals surface area contributed by atoms with Gasteiger partial charge in [0, 0.05) is 19.0 Å². The summed E-state index contributed by atoms with van der Waals surface area (Å²) in [5.41, 5.74) is 0.682. The van der Waals surface area contributed by atoms with E-state index in [1.165, 1.54) is 6.07 Å². The molecule has 1 aromatic heterocycles. The fourth-order valence-electron chi connectivity index (χ4n) is 2.08. The molecule has 1 unspecified atom stereocenters. The molecule has 106 valence electrons. The van der Waals surface area contributed by atoms with Crippen molar-refractivity contribution >= 4 is 35.1 Å². The van der Waals surface area contributed by atoms with Crippen LogP contribution in [0.5, 0.6) is 0 Å². The predicted molar refractivity (Wildman–Crippen MR) is 84.6 cm³/mol. The van der Waals surface area contributed by atoms with E-state index in [1.807, 2.05) is 60.7 Å². The third kappa shape index (κ3) is 3.79. The van der Waals surface area contributed by atoms with Gasteiger partial charge in [0.2, 0.25) is 0 Å². The van der Waals surface area contributed by atoms with Crippen LogP contribution in [-0.2, 0) is 11.1 Å². The van der Waals surface area contributed by atoms with E-state index in [2.05, 4.69) is 0 Å². The standard InChI is InChI=1S/C16H13O3PS.Li/c17-21(18)16-12-11-15(19-16)20(13-7-3-1-4-8-13)14-9-5-2-6-10-14;/h1-12H,(H,17,18);/q;+1/p-1. The van der Waals surface area contributed by atoms with E-state index < -0.39 is 19.0 Å². The average Bonchev–Trinajstić information content (AvgIpc) is 3.00. The molecule has 2 aromatic carbocycles. The fourth-order valence-corrected chi connectivity index (χ4v) is 4.64. The molecular weight excluding hydrogens is 310 g/mol. The van der Waals surface area contributed by atoms with Crippen LogP contribution in [0.2, 0.25) is 0 Å². The maximum absolute atomic E-state index is 11.0. The van der Waals surface area contributed by atoms with Crippen molar-refractivity contribution in [2.45, 2.75) is 5.09 Å². The first-order chi connectivity index (χ1) is 10.3. The van der Waals surface area contributed by atoms with Gasteiger partial charge in [-0.05, 0) is 22.7 Å². The average molecular weight is 322 g/mol. The van der Waals surface area contributed by atoms with Crippen molar-refractivity contribution in [1.29, 1.82) is 0 Å². The molecule has 0 aliphatic heterocycles. The Hall–Kier alpha value is -1.14. The van der Waals surface area contributed by atoms with Crippen molar-refractivity contribution in [3.8, 4) is 0 Å². The zero-order valence-corrected chi connectivity index (χ0v) is 13.7. The van der Waals surface area contributed by atoms with E-state index in [1.54, 1.807) is 6.07 Å². The molecular formula is C16H12LiO3PS. The minimum Gasteiger partial charge on any atom is -0.766 e. The summed E-state index contributed by atoms with van der Waals surface area (Å²) in [6, 6.07) is 23.2.